The first-order chi connectivity index (χ1) is 14.4. The van der Waals surface area contributed by atoms with E-state index in [1.807, 2.05) is 48.7 Å². The quantitative estimate of drug-likeness (QED) is 0.370. The molecule has 3 aromatic rings. The van der Waals surface area contributed by atoms with Gasteiger partial charge in [0.2, 0.25) is 0 Å². The number of nitrogens with zero attached hydrogens (tertiary/aromatic N) is 2. The third-order valence-corrected chi connectivity index (χ3v) is 4.70. The Morgan fingerprint density at radius 1 is 1.07 bits per heavy atom. The van der Waals surface area contributed by atoms with Crippen LogP contribution in [0.15, 0.2) is 59.7 Å². The molecule has 7 nitrogen and oxygen atoms in total. The molecule has 0 saturated carbocycles. The Hall–Kier alpha value is -3.58. The number of ether oxygens (including phenoxy) is 1. The summed E-state index contributed by atoms with van der Waals surface area (Å²) >= 11 is 6.10. The van der Waals surface area contributed by atoms with Gasteiger partial charge in [-0.15, -0.1) is 0 Å². The lowest BCUT2D eigenvalue weighted by molar-refractivity contribution is -0.136. The zero-order chi connectivity index (χ0) is 21.7. The largest absolute Gasteiger partial charge is 0.497 e. The fourth-order valence-electron chi connectivity index (χ4n) is 3.00. The molecule has 1 aromatic heterocycles. The molecular formula is C22H21ClN4O3. The van der Waals surface area contributed by atoms with Crippen molar-refractivity contribution in [3.8, 4) is 11.4 Å². The van der Waals surface area contributed by atoms with Crippen LogP contribution in [0.3, 0.4) is 0 Å². The van der Waals surface area contributed by atoms with E-state index in [9.17, 15) is 9.59 Å². The molecule has 0 atom stereocenters. The van der Waals surface area contributed by atoms with Crippen LogP contribution in [0.25, 0.3) is 5.69 Å². The van der Waals surface area contributed by atoms with E-state index in [2.05, 4.69) is 15.8 Å². The number of halogens is 1. The van der Waals surface area contributed by atoms with Gasteiger partial charge in [-0.1, -0.05) is 17.7 Å². The lowest BCUT2D eigenvalue weighted by atomic mass is 10.2. The number of hydrogen-bond donors (Lipinski definition) is 2. The van der Waals surface area contributed by atoms with E-state index in [-0.39, 0.29) is 0 Å². The number of amides is 2. The van der Waals surface area contributed by atoms with Crippen molar-refractivity contribution < 1.29 is 14.3 Å². The van der Waals surface area contributed by atoms with Crippen molar-refractivity contribution in [1.82, 2.24) is 9.99 Å². The number of methoxy groups -OCH3 is 1. The first-order valence-electron chi connectivity index (χ1n) is 9.12. The van der Waals surface area contributed by atoms with Gasteiger partial charge in [-0.2, -0.15) is 5.10 Å². The Bertz CT molecular complexity index is 1100. The lowest BCUT2D eigenvalue weighted by Gasteiger charge is -2.09. The predicted octanol–water partition coefficient (Wildman–Crippen LogP) is 3.84. The molecule has 0 spiro atoms. The molecular weight excluding hydrogens is 404 g/mol. The van der Waals surface area contributed by atoms with Gasteiger partial charge >= 0.3 is 11.8 Å². The van der Waals surface area contributed by atoms with Crippen molar-refractivity contribution in [3.63, 3.8) is 0 Å². The van der Waals surface area contributed by atoms with Gasteiger partial charge in [0.1, 0.15) is 5.75 Å². The highest BCUT2D eigenvalue weighted by Crippen LogP contribution is 2.22. The van der Waals surface area contributed by atoms with E-state index in [0.717, 1.165) is 22.6 Å². The summed E-state index contributed by atoms with van der Waals surface area (Å²) in [5, 5.41) is 7.05. The van der Waals surface area contributed by atoms with Gasteiger partial charge in [0.05, 0.1) is 13.3 Å². The summed E-state index contributed by atoms with van der Waals surface area (Å²) in [4.78, 5) is 24.0. The number of carbonyl (C=O) groups excluding carboxylic acids is 2. The average Bonchev–Trinajstić information content (AvgIpc) is 3.01. The topological polar surface area (TPSA) is 84.7 Å². The fourth-order valence-corrected chi connectivity index (χ4v) is 3.19. The minimum absolute atomic E-state index is 0.477. The maximum absolute atomic E-state index is 12.0. The highest BCUT2D eigenvalue weighted by atomic mass is 35.5. The van der Waals surface area contributed by atoms with Gasteiger partial charge < -0.3 is 14.6 Å². The van der Waals surface area contributed by atoms with E-state index in [0.29, 0.717) is 16.5 Å². The van der Waals surface area contributed by atoms with Crippen molar-refractivity contribution in [2.75, 3.05) is 12.4 Å². The van der Waals surface area contributed by atoms with Crippen molar-refractivity contribution in [2.45, 2.75) is 13.8 Å². The summed E-state index contributed by atoms with van der Waals surface area (Å²) in [6.45, 7) is 3.90. The molecule has 1 heterocycles. The number of hydrogen-bond acceptors (Lipinski definition) is 4. The number of anilines is 1. The second-order valence-electron chi connectivity index (χ2n) is 6.52. The third-order valence-electron chi connectivity index (χ3n) is 4.46. The van der Waals surface area contributed by atoms with Gasteiger partial charge in [0.25, 0.3) is 0 Å². The summed E-state index contributed by atoms with van der Waals surface area (Å²) in [5.41, 5.74) is 6.37. The van der Waals surface area contributed by atoms with E-state index >= 15 is 0 Å². The molecule has 0 fully saturated rings. The normalized spacial score (nSPS) is 10.8. The molecule has 8 heteroatoms. The second kappa shape index (κ2) is 9.28. The van der Waals surface area contributed by atoms with Gasteiger partial charge in [-0.05, 0) is 62.4 Å². The molecule has 30 heavy (non-hydrogen) atoms. The highest BCUT2D eigenvalue weighted by Gasteiger charge is 2.14. The smallest absolute Gasteiger partial charge is 0.329 e. The zero-order valence-corrected chi connectivity index (χ0v) is 17.5. The minimum atomic E-state index is -0.870. The Kier molecular flexibility index (Phi) is 6.54. The van der Waals surface area contributed by atoms with E-state index in [4.69, 9.17) is 16.3 Å². The minimum Gasteiger partial charge on any atom is -0.497 e. The van der Waals surface area contributed by atoms with Gasteiger partial charge in [-0.3, -0.25) is 9.59 Å². The van der Waals surface area contributed by atoms with E-state index in [1.54, 1.807) is 31.4 Å². The SMILES string of the molecule is COc1ccc(NC(=O)C(=O)N/N=C\c2cc(C)n(-c3cccc(Cl)c3)c2C)cc1. The van der Waals surface area contributed by atoms with Gasteiger partial charge in [0.15, 0.2) is 0 Å². The van der Waals surface area contributed by atoms with Crippen LogP contribution in [-0.4, -0.2) is 29.7 Å². The molecule has 0 bridgehead atoms. The number of benzene rings is 2. The Morgan fingerprint density at radius 2 is 1.80 bits per heavy atom. The maximum atomic E-state index is 12.0. The first kappa shape index (κ1) is 21.1. The maximum Gasteiger partial charge on any atom is 0.329 e. The molecule has 0 aliphatic carbocycles. The summed E-state index contributed by atoms with van der Waals surface area (Å²) in [5.74, 6) is -1.04. The standard InChI is InChI=1S/C22H21ClN4O3/c1-14-11-16(15(2)27(14)19-6-4-5-17(23)12-19)13-24-26-22(29)21(28)25-18-7-9-20(30-3)10-8-18/h4-13H,1-3H3,(H,25,28)(H,26,29)/b24-13-. The summed E-state index contributed by atoms with van der Waals surface area (Å²) < 4.78 is 7.08. The van der Waals surface area contributed by atoms with E-state index < -0.39 is 11.8 Å². The van der Waals surface area contributed by atoms with Crippen LogP contribution >= 0.6 is 11.6 Å². The first-order valence-corrected chi connectivity index (χ1v) is 9.50. The monoisotopic (exact) mass is 424 g/mol. The number of nitrogens with one attached hydrogen (secondary N) is 2. The summed E-state index contributed by atoms with van der Waals surface area (Å²) in [6, 6.07) is 16.1. The van der Waals surface area contributed by atoms with Crippen molar-refractivity contribution >= 4 is 35.3 Å². The molecule has 0 aliphatic rings. The van der Waals surface area contributed by atoms with Crippen LogP contribution in [0.2, 0.25) is 5.02 Å². The van der Waals surface area contributed by atoms with Gasteiger partial charge in [0, 0.05) is 33.3 Å². The van der Waals surface area contributed by atoms with Crippen LogP contribution in [0.1, 0.15) is 17.0 Å². The van der Waals surface area contributed by atoms with Crippen LogP contribution in [-0.2, 0) is 9.59 Å². The van der Waals surface area contributed by atoms with Crippen molar-refractivity contribution in [1.29, 1.82) is 0 Å². The third kappa shape index (κ3) is 4.87. The molecule has 3 rings (SSSR count). The number of hydrazone groups is 1. The van der Waals surface area contributed by atoms with Crippen molar-refractivity contribution in [2.24, 2.45) is 5.10 Å². The molecule has 2 amide bonds. The fraction of sp³-hybridized carbons (Fsp3) is 0.136. The second-order valence-corrected chi connectivity index (χ2v) is 6.96. The lowest BCUT2D eigenvalue weighted by Crippen LogP contribution is -2.32. The van der Waals surface area contributed by atoms with Gasteiger partial charge in [-0.25, -0.2) is 5.43 Å². The van der Waals surface area contributed by atoms with Crippen LogP contribution in [0.4, 0.5) is 5.69 Å². The summed E-state index contributed by atoms with van der Waals surface area (Å²) in [6.07, 6.45) is 1.50. The van der Waals surface area contributed by atoms with Crippen molar-refractivity contribution in [3.05, 3.63) is 76.6 Å². The molecule has 2 N–H and O–H groups in total. The molecule has 0 radical (unpaired) electrons. The van der Waals surface area contributed by atoms with Crippen LogP contribution in [0, 0.1) is 13.8 Å². The van der Waals surface area contributed by atoms with Crippen LogP contribution in [0.5, 0.6) is 5.75 Å². The van der Waals surface area contributed by atoms with E-state index in [1.165, 1.54) is 6.21 Å². The number of carbonyl (C=O) groups is 2. The molecule has 2 aromatic carbocycles. The molecule has 0 saturated heterocycles. The Balaban J connectivity index is 1.65. The predicted molar refractivity (Wildman–Crippen MR) is 118 cm³/mol. The zero-order valence-electron chi connectivity index (χ0n) is 16.8. The number of aryl methyl sites for hydroxylation is 1. The number of aromatic nitrogens is 1. The van der Waals surface area contributed by atoms with Crippen LogP contribution < -0.4 is 15.5 Å². The molecule has 0 unspecified atom stereocenters. The number of rotatable bonds is 5. The molecule has 154 valence electrons. The highest BCUT2D eigenvalue weighted by molar-refractivity contribution is 6.39. The Labute approximate surface area is 179 Å². The average molecular weight is 425 g/mol. The summed E-state index contributed by atoms with van der Waals surface area (Å²) in [7, 11) is 1.55. The Morgan fingerprint density at radius 3 is 2.47 bits per heavy atom. The molecule has 0 aliphatic heterocycles.